The normalized spacial score (nSPS) is 23.2. The maximum atomic E-state index is 11.2. The summed E-state index contributed by atoms with van der Waals surface area (Å²) in [7, 11) is 0. The van der Waals surface area contributed by atoms with Gasteiger partial charge in [0.15, 0.2) is 0 Å². The second-order valence-electron chi connectivity index (χ2n) is 4.10. The van der Waals surface area contributed by atoms with Crippen molar-refractivity contribution >= 4 is 5.78 Å². The fourth-order valence-corrected chi connectivity index (χ4v) is 1.63. The molecule has 0 amide bonds. The predicted octanol–water partition coefficient (Wildman–Crippen LogP) is 1.70. The van der Waals surface area contributed by atoms with Gasteiger partial charge in [-0.3, -0.25) is 9.69 Å². The number of Topliss-reactive ketones (excluding diaryl/α,β-unsaturated/α-hetero) is 1. The number of carbonyl (C=O) groups is 1. The Bertz CT molecular complexity index is 165. The lowest BCUT2D eigenvalue weighted by Gasteiger charge is -2.33. The van der Waals surface area contributed by atoms with Crippen LogP contribution in [0.2, 0.25) is 0 Å². The van der Waals surface area contributed by atoms with Gasteiger partial charge >= 0.3 is 0 Å². The van der Waals surface area contributed by atoms with Crippen LogP contribution in [0.5, 0.6) is 0 Å². The van der Waals surface area contributed by atoms with E-state index >= 15 is 0 Å². The quantitative estimate of drug-likeness (QED) is 0.627. The molecule has 1 unspecified atom stereocenters. The monoisotopic (exact) mass is 169 g/mol. The van der Waals surface area contributed by atoms with Crippen LogP contribution in [0.25, 0.3) is 0 Å². The second-order valence-corrected chi connectivity index (χ2v) is 4.10. The number of hydrogen-bond donors (Lipinski definition) is 0. The molecule has 12 heavy (non-hydrogen) atoms. The summed E-state index contributed by atoms with van der Waals surface area (Å²) in [6, 6.07) is 0.550. The van der Waals surface area contributed by atoms with E-state index in [0.29, 0.717) is 24.3 Å². The molecule has 1 rings (SSSR count). The molecule has 0 saturated carbocycles. The highest BCUT2D eigenvalue weighted by Gasteiger charge is 2.22. The topological polar surface area (TPSA) is 20.3 Å². The molecule has 2 nitrogen and oxygen atoms in total. The number of ketones is 1. The Morgan fingerprint density at radius 1 is 1.33 bits per heavy atom. The first kappa shape index (κ1) is 9.72. The molecule has 1 saturated heterocycles. The minimum absolute atomic E-state index is 0.411. The number of piperidine rings is 1. The molecule has 0 spiro atoms. The summed E-state index contributed by atoms with van der Waals surface area (Å²) in [5.74, 6) is 1.06. The van der Waals surface area contributed by atoms with Crippen LogP contribution in [0.1, 0.15) is 33.6 Å². The van der Waals surface area contributed by atoms with E-state index in [2.05, 4.69) is 25.7 Å². The number of nitrogens with zero attached hydrogens (tertiary/aromatic N) is 1. The first-order valence-electron chi connectivity index (χ1n) is 4.87. The van der Waals surface area contributed by atoms with Crippen molar-refractivity contribution in [1.82, 2.24) is 4.90 Å². The molecule has 0 aliphatic carbocycles. The van der Waals surface area contributed by atoms with Crippen LogP contribution in [0.4, 0.5) is 0 Å². The first-order valence-corrected chi connectivity index (χ1v) is 4.87. The SMILES string of the molecule is CC(C)C(C)N1CCCC(=O)C1. The third-order valence-corrected chi connectivity index (χ3v) is 2.82. The lowest BCUT2D eigenvalue weighted by Crippen LogP contribution is -2.43. The Labute approximate surface area is 74.9 Å². The van der Waals surface area contributed by atoms with Crippen LogP contribution < -0.4 is 0 Å². The minimum Gasteiger partial charge on any atom is -0.298 e. The first-order chi connectivity index (χ1) is 5.61. The predicted molar refractivity (Wildman–Crippen MR) is 50.1 cm³/mol. The van der Waals surface area contributed by atoms with Crippen LogP contribution >= 0.6 is 0 Å². The van der Waals surface area contributed by atoms with Crippen LogP contribution in [0.15, 0.2) is 0 Å². The van der Waals surface area contributed by atoms with Crippen LogP contribution in [-0.4, -0.2) is 29.8 Å². The van der Waals surface area contributed by atoms with Crippen molar-refractivity contribution in [2.45, 2.75) is 39.7 Å². The number of rotatable bonds is 2. The van der Waals surface area contributed by atoms with Gasteiger partial charge in [0.1, 0.15) is 5.78 Å². The van der Waals surface area contributed by atoms with Crippen LogP contribution in [0.3, 0.4) is 0 Å². The largest absolute Gasteiger partial charge is 0.298 e. The van der Waals surface area contributed by atoms with Gasteiger partial charge < -0.3 is 0 Å². The molecule has 0 radical (unpaired) electrons. The Kier molecular flexibility index (Phi) is 3.27. The molecule has 1 aliphatic heterocycles. The van der Waals surface area contributed by atoms with E-state index < -0.39 is 0 Å². The van der Waals surface area contributed by atoms with Crippen molar-refractivity contribution in [1.29, 1.82) is 0 Å². The summed E-state index contributed by atoms with van der Waals surface area (Å²) in [4.78, 5) is 13.5. The van der Waals surface area contributed by atoms with Gasteiger partial charge in [-0.2, -0.15) is 0 Å². The molecule has 70 valence electrons. The number of hydrogen-bond acceptors (Lipinski definition) is 2. The van der Waals surface area contributed by atoms with Crippen molar-refractivity contribution in [3.05, 3.63) is 0 Å². The molecular weight excluding hydrogens is 150 g/mol. The fraction of sp³-hybridized carbons (Fsp3) is 0.900. The van der Waals surface area contributed by atoms with Gasteiger partial charge in [0.05, 0.1) is 6.54 Å². The lowest BCUT2D eigenvalue weighted by molar-refractivity contribution is -0.123. The van der Waals surface area contributed by atoms with Gasteiger partial charge in [-0.15, -0.1) is 0 Å². The van der Waals surface area contributed by atoms with Gasteiger partial charge in [0, 0.05) is 12.5 Å². The van der Waals surface area contributed by atoms with Gasteiger partial charge in [-0.05, 0) is 25.8 Å². The molecule has 1 aliphatic rings. The van der Waals surface area contributed by atoms with Gasteiger partial charge in [-0.25, -0.2) is 0 Å². The van der Waals surface area contributed by atoms with Crippen molar-refractivity contribution in [2.24, 2.45) is 5.92 Å². The van der Waals surface area contributed by atoms with Crippen LogP contribution in [0, 0.1) is 5.92 Å². The molecule has 0 aromatic rings. The molecule has 0 N–H and O–H groups in total. The zero-order chi connectivity index (χ0) is 9.14. The average molecular weight is 169 g/mol. The highest BCUT2D eigenvalue weighted by molar-refractivity contribution is 5.81. The third kappa shape index (κ3) is 2.31. The lowest BCUT2D eigenvalue weighted by atomic mass is 10.0. The molecule has 0 aromatic carbocycles. The highest BCUT2D eigenvalue weighted by atomic mass is 16.1. The van der Waals surface area contributed by atoms with Crippen molar-refractivity contribution < 1.29 is 4.79 Å². The van der Waals surface area contributed by atoms with E-state index in [4.69, 9.17) is 0 Å². The molecule has 0 aromatic heterocycles. The maximum Gasteiger partial charge on any atom is 0.146 e. The third-order valence-electron chi connectivity index (χ3n) is 2.82. The van der Waals surface area contributed by atoms with Crippen LogP contribution in [-0.2, 0) is 4.79 Å². The minimum atomic E-state index is 0.411. The number of likely N-dealkylation sites (tertiary alicyclic amines) is 1. The van der Waals surface area contributed by atoms with E-state index in [9.17, 15) is 4.79 Å². The summed E-state index contributed by atoms with van der Waals surface area (Å²) in [5, 5.41) is 0. The maximum absolute atomic E-state index is 11.2. The molecular formula is C10H19NO. The summed E-state index contributed by atoms with van der Waals surface area (Å²) in [5.41, 5.74) is 0. The summed E-state index contributed by atoms with van der Waals surface area (Å²) < 4.78 is 0. The standard InChI is InChI=1S/C10H19NO/c1-8(2)9(3)11-6-4-5-10(12)7-11/h8-9H,4-7H2,1-3H3. The average Bonchev–Trinajstić information content (AvgIpc) is 2.03. The summed E-state index contributed by atoms with van der Waals surface area (Å²) >= 11 is 0. The second kappa shape index (κ2) is 4.04. The molecule has 1 fully saturated rings. The highest BCUT2D eigenvalue weighted by Crippen LogP contribution is 2.14. The van der Waals surface area contributed by atoms with Gasteiger partial charge in [0.2, 0.25) is 0 Å². The molecule has 2 heteroatoms. The smallest absolute Gasteiger partial charge is 0.146 e. The van der Waals surface area contributed by atoms with E-state index in [1.165, 1.54) is 0 Å². The zero-order valence-corrected chi connectivity index (χ0v) is 8.34. The van der Waals surface area contributed by atoms with Gasteiger partial charge in [0.25, 0.3) is 0 Å². The Hall–Kier alpha value is -0.370. The van der Waals surface area contributed by atoms with Crippen molar-refractivity contribution in [2.75, 3.05) is 13.1 Å². The Morgan fingerprint density at radius 2 is 2.00 bits per heavy atom. The molecule has 0 bridgehead atoms. The summed E-state index contributed by atoms with van der Waals surface area (Å²) in [6.45, 7) is 8.42. The van der Waals surface area contributed by atoms with Gasteiger partial charge in [-0.1, -0.05) is 13.8 Å². The summed E-state index contributed by atoms with van der Waals surface area (Å²) in [6.07, 6.45) is 1.84. The Balaban J connectivity index is 2.45. The van der Waals surface area contributed by atoms with E-state index in [0.717, 1.165) is 19.4 Å². The van der Waals surface area contributed by atoms with Crippen molar-refractivity contribution in [3.63, 3.8) is 0 Å². The van der Waals surface area contributed by atoms with E-state index in [1.807, 2.05) is 0 Å². The number of carbonyl (C=O) groups excluding carboxylic acids is 1. The zero-order valence-electron chi connectivity index (χ0n) is 8.34. The van der Waals surface area contributed by atoms with E-state index in [-0.39, 0.29) is 0 Å². The van der Waals surface area contributed by atoms with E-state index in [1.54, 1.807) is 0 Å². The molecule has 1 atom stereocenters. The molecule has 1 heterocycles. The Morgan fingerprint density at radius 3 is 2.50 bits per heavy atom. The van der Waals surface area contributed by atoms with Crippen molar-refractivity contribution in [3.8, 4) is 0 Å². The fourth-order valence-electron chi connectivity index (χ4n) is 1.63.